The minimum Gasteiger partial charge on any atom is -0.462 e. The zero-order valence-electron chi connectivity index (χ0n) is 14.0. The second kappa shape index (κ2) is 7.89. The number of nitrogens with one attached hydrogen (secondary N) is 1. The third kappa shape index (κ3) is 3.89. The van der Waals surface area contributed by atoms with E-state index in [1.807, 2.05) is 18.2 Å². The Morgan fingerprint density at radius 2 is 2.15 bits per heavy atom. The molecule has 1 aliphatic heterocycles. The number of hydrogen-bond donors (Lipinski definition) is 1. The Morgan fingerprint density at radius 3 is 2.88 bits per heavy atom. The molecule has 1 heterocycles. The highest BCUT2D eigenvalue weighted by Gasteiger charge is 2.35. The number of carbonyl (C=O) groups excluding carboxylic acids is 2. The molecule has 0 aromatic heterocycles. The number of ether oxygens (including phenoxy) is 1. The van der Waals surface area contributed by atoms with Gasteiger partial charge in [0.2, 0.25) is 0 Å². The fourth-order valence-corrected chi connectivity index (χ4v) is 3.20. The smallest absolute Gasteiger partial charge is 0.345 e. The number of nitrogens with zero attached hydrogens (tertiary/aromatic N) is 1. The van der Waals surface area contributed by atoms with Crippen molar-refractivity contribution in [3.8, 4) is 0 Å². The Kier molecular flexibility index (Phi) is 5.59. The van der Waals surface area contributed by atoms with E-state index in [0.717, 1.165) is 5.56 Å². The summed E-state index contributed by atoms with van der Waals surface area (Å²) in [5.74, 6) is -1.70. The number of rotatable bonds is 5. The number of carbonyl (C=O) groups is 2. The number of fused-ring (bicyclic) bond motifs is 1. The summed E-state index contributed by atoms with van der Waals surface area (Å²) in [6, 6.07) is 7.32. The van der Waals surface area contributed by atoms with Crippen LogP contribution in [0.3, 0.4) is 0 Å². The molecular formula is C19H16Cl2N2O3. The van der Waals surface area contributed by atoms with Crippen molar-refractivity contribution in [2.24, 2.45) is 10.9 Å². The van der Waals surface area contributed by atoms with Crippen LogP contribution in [-0.2, 0) is 20.9 Å². The van der Waals surface area contributed by atoms with Crippen molar-refractivity contribution in [3.05, 3.63) is 69.4 Å². The number of benzene rings is 1. The first kappa shape index (κ1) is 18.4. The van der Waals surface area contributed by atoms with Crippen molar-refractivity contribution >= 4 is 40.8 Å². The predicted octanol–water partition coefficient (Wildman–Crippen LogP) is 3.54. The summed E-state index contributed by atoms with van der Waals surface area (Å²) in [6.07, 6.45) is 5.13. The van der Waals surface area contributed by atoms with E-state index >= 15 is 0 Å². The van der Waals surface area contributed by atoms with Gasteiger partial charge >= 0.3 is 5.97 Å². The largest absolute Gasteiger partial charge is 0.462 e. The third-order valence-electron chi connectivity index (χ3n) is 3.93. The molecule has 1 aromatic carbocycles. The lowest BCUT2D eigenvalue weighted by molar-refractivity contribution is -0.140. The average molecular weight is 391 g/mol. The van der Waals surface area contributed by atoms with E-state index in [0.29, 0.717) is 28.0 Å². The Hall–Kier alpha value is -2.37. The lowest BCUT2D eigenvalue weighted by Crippen LogP contribution is -2.35. The fraction of sp³-hybridized carbons (Fsp3) is 0.211. The maximum atomic E-state index is 12.4. The van der Waals surface area contributed by atoms with Gasteiger partial charge in [0, 0.05) is 22.3 Å². The van der Waals surface area contributed by atoms with Crippen LogP contribution in [0.1, 0.15) is 12.5 Å². The van der Waals surface area contributed by atoms with E-state index in [2.05, 4.69) is 10.3 Å². The second-order valence-corrected chi connectivity index (χ2v) is 6.57. The molecule has 1 amide bonds. The van der Waals surface area contributed by atoms with Crippen molar-refractivity contribution in [1.29, 1.82) is 0 Å². The lowest BCUT2D eigenvalue weighted by atomic mass is 9.88. The van der Waals surface area contributed by atoms with E-state index in [-0.39, 0.29) is 18.1 Å². The summed E-state index contributed by atoms with van der Waals surface area (Å²) in [7, 11) is 0. The zero-order chi connectivity index (χ0) is 18.7. The summed E-state index contributed by atoms with van der Waals surface area (Å²) >= 11 is 12.0. The SMILES string of the molecule is CCOC(=O)C1=C(NCc2cccc(Cl)c2)C2C=CC(Cl)=CC2=NC1=O. The van der Waals surface area contributed by atoms with Gasteiger partial charge in [-0.25, -0.2) is 9.79 Å². The molecule has 5 nitrogen and oxygen atoms in total. The molecule has 3 rings (SSSR count). The lowest BCUT2D eigenvalue weighted by Gasteiger charge is -2.27. The van der Waals surface area contributed by atoms with Gasteiger partial charge in [-0.15, -0.1) is 0 Å². The summed E-state index contributed by atoms with van der Waals surface area (Å²) in [6.45, 7) is 2.24. The maximum Gasteiger partial charge on any atom is 0.345 e. The molecule has 7 heteroatoms. The van der Waals surface area contributed by atoms with Crippen molar-refractivity contribution in [2.75, 3.05) is 6.61 Å². The summed E-state index contributed by atoms with van der Waals surface area (Å²) in [5, 5.41) is 4.28. The van der Waals surface area contributed by atoms with E-state index < -0.39 is 11.9 Å². The molecule has 0 radical (unpaired) electrons. The summed E-state index contributed by atoms with van der Waals surface area (Å²) in [5.41, 5.74) is 1.77. The van der Waals surface area contributed by atoms with Crippen LogP contribution in [0.25, 0.3) is 0 Å². The second-order valence-electron chi connectivity index (χ2n) is 5.70. The van der Waals surface area contributed by atoms with Gasteiger partial charge in [0.15, 0.2) is 0 Å². The van der Waals surface area contributed by atoms with Gasteiger partial charge < -0.3 is 10.1 Å². The number of halogens is 2. The first-order valence-electron chi connectivity index (χ1n) is 8.07. The van der Waals surface area contributed by atoms with Gasteiger partial charge in [-0.3, -0.25) is 4.79 Å². The van der Waals surface area contributed by atoms with Crippen LogP contribution in [0.5, 0.6) is 0 Å². The Balaban J connectivity index is 1.96. The number of allylic oxidation sites excluding steroid dienone is 4. The van der Waals surface area contributed by atoms with Crippen molar-refractivity contribution in [3.63, 3.8) is 0 Å². The van der Waals surface area contributed by atoms with Gasteiger partial charge in [0.05, 0.1) is 18.2 Å². The molecule has 0 bridgehead atoms. The molecule has 0 spiro atoms. The van der Waals surface area contributed by atoms with Crippen LogP contribution in [0.15, 0.2) is 63.8 Å². The summed E-state index contributed by atoms with van der Waals surface area (Å²) < 4.78 is 5.04. The van der Waals surface area contributed by atoms with Gasteiger partial charge in [0.1, 0.15) is 5.57 Å². The fourth-order valence-electron chi connectivity index (χ4n) is 2.80. The molecule has 1 aromatic rings. The van der Waals surface area contributed by atoms with E-state index in [9.17, 15) is 9.59 Å². The van der Waals surface area contributed by atoms with Crippen molar-refractivity contribution in [1.82, 2.24) is 5.32 Å². The van der Waals surface area contributed by atoms with Crippen LogP contribution in [0, 0.1) is 5.92 Å². The standard InChI is InChI=1S/C19H16Cl2N2O3/c1-2-26-19(25)16-17(22-10-11-4-3-5-12(20)8-11)14-7-6-13(21)9-15(14)23-18(16)24/h3-9,14,22H,2,10H2,1H3. The molecule has 134 valence electrons. The number of amides is 1. The van der Waals surface area contributed by atoms with Crippen LogP contribution in [0.4, 0.5) is 0 Å². The molecular weight excluding hydrogens is 375 g/mol. The minimum absolute atomic E-state index is 0.0845. The Labute approximate surface area is 161 Å². The molecule has 0 fully saturated rings. The van der Waals surface area contributed by atoms with E-state index in [4.69, 9.17) is 27.9 Å². The molecule has 1 aliphatic carbocycles. The highest BCUT2D eigenvalue weighted by molar-refractivity contribution is 6.34. The van der Waals surface area contributed by atoms with E-state index in [1.54, 1.807) is 31.2 Å². The normalized spacial score (nSPS) is 18.9. The highest BCUT2D eigenvalue weighted by atomic mass is 35.5. The molecule has 1 unspecified atom stereocenters. The monoisotopic (exact) mass is 390 g/mol. The first-order chi connectivity index (χ1) is 12.5. The zero-order valence-corrected chi connectivity index (χ0v) is 15.5. The molecule has 1 atom stereocenters. The molecule has 1 N–H and O–H groups in total. The van der Waals surface area contributed by atoms with E-state index in [1.165, 1.54) is 0 Å². The molecule has 2 aliphatic rings. The van der Waals surface area contributed by atoms with Gasteiger partial charge in [-0.05, 0) is 36.8 Å². The van der Waals surface area contributed by atoms with Gasteiger partial charge in [-0.1, -0.05) is 41.4 Å². The third-order valence-corrected chi connectivity index (χ3v) is 4.40. The highest BCUT2D eigenvalue weighted by Crippen LogP contribution is 2.29. The number of aliphatic imine (C=N–C) groups is 1. The van der Waals surface area contributed by atoms with Crippen LogP contribution in [-0.4, -0.2) is 24.2 Å². The predicted molar refractivity (Wildman–Crippen MR) is 101 cm³/mol. The topological polar surface area (TPSA) is 67.8 Å². The number of esters is 1. The Morgan fingerprint density at radius 1 is 1.35 bits per heavy atom. The summed E-state index contributed by atoms with van der Waals surface area (Å²) in [4.78, 5) is 28.8. The molecule has 0 saturated carbocycles. The quantitative estimate of drug-likeness (QED) is 0.616. The number of hydrogen-bond acceptors (Lipinski definition) is 4. The Bertz CT molecular complexity index is 885. The van der Waals surface area contributed by atoms with Gasteiger partial charge in [-0.2, -0.15) is 0 Å². The molecule has 26 heavy (non-hydrogen) atoms. The number of dihydropyridines is 1. The molecule has 0 saturated heterocycles. The van der Waals surface area contributed by atoms with Crippen LogP contribution >= 0.6 is 23.2 Å². The van der Waals surface area contributed by atoms with Crippen molar-refractivity contribution < 1.29 is 14.3 Å². The van der Waals surface area contributed by atoms with Crippen LogP contribution in [0.2, 0.25) is 5.02 Å². The van der Waals surface area contributed by atoms with Gasteiger partial charge in [0.25, 0.3) is 5.91 Å². The maximum absolute atomic E-state index is 12.4. The first-order valence-corrected chi connectivity index (χ1v) is 8.83. The van der Waals surface area contributed by atoms with Crippen LogP contribution < -0.4 is 5.32 Å². The minimum atomic E-state index is -0.692. The average Bonchev–Trinajstić information content (AvgIpc) is 2.59. The van der Waals surface area contributed by atoms with Crippen molar-refractivity contribution in [2.45, 2.75) is 13.5 Å².